The predicted octanol–water partition coefficient (Wildman–Crippen LogP) is 0.413. The quantitative estimate of drug-likeness (QED) is 0.619. The second-order valence-electron chi connectivity index (χ2n) is 3.77. The van der Waals surface area contributed by atoms with Gasteiger partial charge in [-0.2, -0.15) is 0 Å². The third-order valence-corrected chi connectivity index (χ3v) is 2.24. The van der Waals surface area contributed by atoms with Crippen molar-refractivity contribution in [3.63, 3.8) is 0 Å². The van der Waals surface area contributed by atoms with Gasteiger partial charge in [0, 0.05) is 31.8 Å². The van der Waals surface area contributed by atoms with Crippen molar-refractivity contribution in [3.05, 3.63) is 39.9 Å². The van der Waals surface area contributed by atoms with Crippen LogP contribution in [0.3, 0.4) is 0 Å². The van der Waals surface area contributed by atoms with Crippen LogP contribution >= 0.6 is 0 Å². The molecule has 1 rings (SSSR count). The summed E-state index contributed by atoms with van der Waals surface area (Å²) >= 11 is 0. The lowest BCUT2D eigenvalue weighted by Gasteiger charge is -2.10. The zero-order valence-corrected chi connectivity index (χ0v) is 10.0. The zero-order valence-electron chi connectivity index (χ0n) is 10.0. The van der Waals surface area contributed by atoms with E-state index in [1.165, 1.54) is 29.2 Å². The molecule has 18 heavy (non-hydrogen) atoms. The molecule has 0 heterocycles. The first-order valence-electron chi connectivity index (χ1n) is 5.14. The maximum Gasteiger partial charge on any atom is 0.269 e. The van der Waals surface area contributed by atoms with Crippen LogP contribution in [0.5, 0.6) is 0 Å². The highest BCUT2D eigenvalue weighted by Crippen LogP contribution is 2.11. The van der Waals surface area contributed by atoms with Gasteiger partial charge in [0.2, 0.25) is 5.91 Å². The highest BCUT2D eigenvalue weighted by molar-refractivity contribution is 5.96. The Morgan fingerprint density at radius 2 is 1.83 bits per heavy atom. The Labute approximate surface area is 104 Å². The number of amides is 2. The fourth-order valence-corrected chi connectivity index (χ4v) is 1.15. The lowest BCUT2D eigenvalue weighted by Crippen LogP contribution is -2.36. The Bertz CT molecular complexity index is 468. The number of hydrogen-bond donors (Lipinski definition) is 1. The molecule has 2 amide bonds. The summed E-state index contributed by atoms with van der Waals surface area (Å²) in [6.07, 6.45) is 0. The van der Waals surface area contributed by atoms with Gasteiger partial charge in [0.1, 0.15) is 0 Å². The molecule has 0 fully saturated rings. The van der Waals surface area contributed by atoms with Crippen LogP contribution in [-0.2, 0) is 4.79 Å². The van der Waals surface area contributed by atoms with Crippen molar-refractivity contribution in [3.8, 4) is 0 Å². The van der Waals surface area contributed by atoms with Gasteiger partial charge in [-0.25, -0.2) is 0 Å². The van der Waals surface area contributed by atoms with E-state index in [2.05, 4.69) is 5.32 Å². The molecule has 1 aromatic rings. The minimum Gasteiger partial charge on any atom is -0.347 e. The molecule has 0 aromatic heterocycles. The first-order valence-corrected chi connectivity index (χ1v) is 5.14. The lowest BCUT2D eigenvalue weighted by molar-refractivity contribution is -0.384. The largest absolute Gasteiger partial charge is 0.347 e. The molecule has 7 heteroatoms. The van der Waals surface area contributed by atoms with Crippen molar-refractivity contribution >= 4 is 17.5 Å². The first kappa shape index (κ1) is 13.6. The molecule has 0 atom stereocenters. The topological polar surface area (TPSA) is 92.6 Å². The third-order valence-electron chi connectivity index (χ3n) is 2.24. The van der Waals surface area contributed by atoms with Crippen molar-refractivity contribution < 1.29 is 14.5 Å². The molecule has 0 saturated carbocycles. The Hall–Kier alpha value is -2.44. The van der Waals surface area contributed by atoms with Gasteiger partial charge >= 0.3 is 0 Å². The van der Waals surface area contributed by atoms with E-state index < -0.39 is 10.8 Å². The summed E-state index contributed by atoms with van der Waals surface area (Å²) in [5.74, 6) is -0.676. The molecule has 7 nitrogen and oxygen atoms in total. The van der Waals surface area contributed by atoms with E-state index in [0.717, 1.165) is 0 Å². The summed E-state index contributed by atoms with van der Waals surface area (Å²) in [4.78, 5) is 34.1. The smallest absolute Gasteiger partial charge is 0.269 e. The molecule has 0 bridgehead atoms. The number of rotatable bonds is 4. The Morgan fingerprint density at radius 3 is 2.28 bits per heavy atom. The van der Waals surface area contributed by atoms with Gasteiger partial charge in [-0.05, 0) is 12.1 Å². The van der Waals surface area contributed by atoms with Crippen LogP contribution in [0.2, 0.25) is 0 Å². The molecule has 96 valence electrons. The number of carbonyl (C=O) groups excluding carboxylic acids is 2. The SMILES string of the molecule is CN(C)C(=O)CNC(=O)c1ccc([N+](=O)[O-])cc1. The van der Waals surface area contributed by atoms with Crippen molar-refractivity contribution in [2.24, 2.45) is 0 Å². The molecular formula is C11H13N3O4. The highest BCUT2D eigenvalue weighted by atomic mass is 16.6. The van der Waals surface area contributed by atoms with Gasteiger partial charge < -0.3 is 10.2 Å². The highest BCUT2D eigenvalue weighted by Gasteiger charge is 2.11. The van der Waals surface area contributed by atoms with Crippen LogP contribution in [0, 0.1) is 10.1 Å². The first-order chi connectivity index (χ1) is 8.41. The predicted molar refractivity (Wildman–Crippen MR) is 64.1 cm³/mol. The summed E-state index contributed by atoms with van der Waals surface area (Å²) in [7, 11) is 3.17. The average Bonchev–Trinajstić information content (AvgIpc) is 2.35. The van der Waals surface area contributed by atoms with Crippen LogP contribution in [0.1, 0.15) is 10.4 Å². The Balaban J connectivity index is 2.62. The van der Waals surface area contributed by atoms with E-state index in [4.69, 9.17) is 0 Å². The van der Waals surface area contributed by atoms with Crippen LogP contribution in [0.4, 0.5) is 5.69 Å². The normalized spacial score (nSPS) is 9.67. The van der Waals surface area contributed by atoms with Gasteiger partial charge in [0.15, 0.2) is 0 Å². The fraction of sp³-hybridized carbons (Fsp3) is 0.273. The number of likely N-dealkylation sites (N-methyl/N-ethyl adjacent to an activating group) is 1. The third kappa shape index (κ3) is 3.55. The van der Waals surface area contributed by atoms with Crippen molar-refractivity contribution in [2.75, 3.05) is 20.6 Å². The zero-order chi connectivity index (χ0) is 13.7. The summed E-state index contributed by atoms with van der Waals surface area (Å²) in [6, 6.07) is 5.16. The second-order valence-corrected chi connectivity index (χ2v) is 3.77. The van der Waals surface area contributed by atoms with Crippen LogP contribution < -0.4 is 5.32 Å². The van der Waals surface area contributed by atoms with Gasteiger partial charge in [-0.3, -0.25) is 19.7 Å². The van der Waals surface area contributed by atoms with E-state index in [0.29, 0.717) is 0 Å². The minimum atomic E-state index is -0.544. The maximum absolute atomic E-state index is 11.6. The van der Waals surface area contributed by atoms with Crippen molar-refractivity contribution in [1.29, 1.82) is 0 Å². The van der Waals surface area contributed by atoms with E-state index in [9.17, 15) is 19.7 Å². The van der Waals surface area contributed by atoms with Crippen LogP contribution in [0.25, 0.3) is 0 Å². The fourth-order valence-electron chi connectivity index (χ4n) is 1.15. The van der Waals surface area contributed by atoms with Crippen LogP contribution in [-0.4, -0.2) is 42.3 Å². The molecule has 1 aromatic carbocycles. The number of benzene rings is 1. The molecule has 0 spiro atoms. The van der Waals surface area contributed by atoms with E-state index >= 15 is 0 Å². The standard InChI is InChI=1S/C11H13N3O4/c1-13(2)10(15)7-12-11(16)8-3-5-9(6-4-8)14(17)18/h3-6H,7H2,1-2H3,(H,12,16). The van der Waals surface area contributed by atoms with Gasteiger partial charge in [-0.1, -0.05) is 0 Å². The summed E-state index contributed by atoms with van der Waals surface area (Å²) < 4.78 is 0. The Morgan fingerprint density at radius 1 is 1.28 bits per heavy atom. The number of nitro benzene ring substituents is 1. The van der Waals surface area contributed by atoms with E-state index in [1.807, 2.05) is 0 Å². The van der Waals surface area contributed by atoms with Gasteiger partial charge in [0.25, 0.3) is 11.6 Å². The molecule has 1 N–H and O–H groups in total. The summed E-state index contributed by atoms with van der Waals surface area (Å²) in [6.45, 7) is -0.108. The van der Waals surface area contributed by atoms with E-state index in [-0.39, 0.29) is 23.7 Å². The van der Waals surface area contributed by atoms with Gasteiger partial charge in [-0.15, -0.1) is 0 Å². The second kappa shape index (κ2) is 5.76. The molecule has 0 radical (unpaired) electrons. The molecule has 0 aliphatic heterocycles. The monoisotopic (exact) mass is 251 g/mol. The van der Waals surface area contributed by atoms with Crippen molar-refractivity contribution in [2.45, 2.75) is 0 Å². The number of hydrogen-bond acceptors (Lipinski definition) is 4. The average molecular weight is 251 g/mol. The van der Waals surface area contributed by atoms with Crippen molar-refractivity contribution in [1.82, 2.24) is 10.2 Å². The molecule has 0 aliphatic carbocycles. The lowest BCUT2D eigenvalue weighted by atomic mass is 10.2. The number of nitro groups is 1. The molecule has 0 unspecified atom stereocenters. The Kier molecular flexibility index (Phi) is 4.36. The summed E-state index contributed by atoms with van der Waals surface area (Å²) in [5, 5.41) is 12.9. The molecule has 0 aliphatic rings. The number of nitrogens with one attached hydrogen (secondary N) is 1. The maximum atomic E-state index is 11.6. The minimum absolute atomic E-state index is 0.0871. The van der Waals surface area contributed by atoms with Crippen LogP contribution in [0.15, 0.2) is 24.3 Å². The molecule has 0 saturated heterocycles. The van der Waals surface area contributed by atoms with E-state index in [1.54, 1.807) is 14.1 Å². The van der Waals surface area contributed by atoms with Gasteiger partial charge in [0.05, 0.1) is 11.5 Å². The number of carbonyl (C=O) groups is 2. The molecular weight excluding hydrogens is 238 g/mol. The summed E-state index contributed by atoms with van der Waals surface area (Å²) in [5.41, 5.74) is 0.183. The number of nitrogens with zero attached hydrogens (tertiary/aromatic N) is 2. The number of non-ortho nitro benzene ring substituents is 1.